The van der Waals surface area contributed by atoms with Gasteiger partial charge in [0.25, 0.3) is 0 Å². The number of hydrogen-bond donors (Lipinski definition) is 1. The number of para-hydroxylation sites is 1. The summed E-state index contributed by atoms with van der Waals surface area (Å²) in [4.78, 5) is 24.9. The van der Waals surface area contributed by atoms with Crippen molar-refractivity contribution < 1.29 is 24.2 Å². The van der Waals surface area contributed by atoms with E-state index in [0.717, 1.165) is 5.56 Å². The molecule has 1 fully saturated rings. The second-order valence-corrected chi connectivity index (χ2v) is 7.55. The summed E-state index contributed by atoms with van der Waals surface area (Å²) in [6, 6.07) is 14.0. The maximum atomic E-state index is 12.0. The van der Waals surface area contributed by atoms with Gasteiger partial charge >= 0.3 is 12.1 Å². The first kappa shape index (κ1) is 18.8. The highest BCUT2D eigenvalue weighted by Crippen LogP contribution is 2.31. The van der Waals surface area contributed by atoms with Crippen molar-refractivity contribution in [1.29, 1.82) is 0 Å². The normalized spacial score (nSPS) is 14.4. The van der Waals surface area contributed by atoms with Crippen molar-refractivity contribution >= 4 is 12.1 Å². The molecule has 3 rings (SSSR count). The van der Waals surface area contributed by atoms with E-state index < -0.39 is 11.6 Å². The Balaban J connectivity index is 1.59. The first-order chi connectivity index (χ1) is 12.7. The minimum absolute atomic E-state index is 0.119. The molecule has 0 radical (unpaired) electrons. The number of carbonyl (C=O) groups is 2. The van der Waals surface area contributed by atoms with E-state index in [1.807, 2.05) is 45.0 Å². The Morgan fingerprint density at radius 2 is 1.67 bits per heavy atom. The summed E-state index contributed by atoms with van der Waals surface area (Å²) in [5.74, 6) is 0.102. The van der Waals surface area contributed by atoms with Crippen LogP contribution in [0.15, 0.2) is 48.5 Å². The van der Waals surface area contributed by atoms with Crippen LogP contribution in [0.3, 0.4) is 0 Å². The monoisotopic (exact) mass is 369 g/mol. The molecule has 2 aromatic carbocycles. The molecule has 1 amide bonds. The first-order valence-corrected chi connectivity index (χ1v) is 8.81. The SMILES string of the molecule is CC(C)(C)OC(=O)N1CC(c2ccc(Oc3ccccc3C(=O)O)cc2)C1. The van der Waals surface area contributed by atoms with Crippen LogP contribution >= 0.6 is 0 Å². The Bertz CT molecular complexity index is 832. The van der Waals surface area contributed by atoms with Gasteiger partial charge in [0.1, 0.15) is 22.7 Å². The van der Waals surface area contributed by atoms with Gasteiger partial charge in [-0.05, 0) is 50.6 Å². The fourth-order valence-corrected chi connectivity index (χ4v) is 2.83. The molecule has 1 aliphatic rings. The van der Waals surface area contributed by atoms with Crippen LogP contribution in [-0.2, 0) is 4.74 Å². The van der Waals surface area contributed by atoms with E-state index >= 15 is 0 Å². The molecule has 1 saturated heterocycles. The summed E-state index contributed by atoms with van der Waals surface area (Å²) in [6.07, 6.45) is -0.288. The molecular formula is C21H23NO5. The lowest BCUT2D eigenvalue weighted by atomic mass is 9.92. The minimum Gasteiger partial charge on any atom is -0.478 e. The molecule has 0 aliphatic carbocycles. The number of ether oxygens (including phenoxy) is 2. The highest BCUT2D eigenvalue weighted by Gasteiger charge is 2.34. The number of nitrogens with zero attached hydrogens (tertiary/aromatic N) is 1. The van der Waals surface area contributed by atoms with Gasteiger partial charge < -0.3 is 19.5 Å². The van der Waals surface area contributed by atoms with Crippen molar-refractivity contribution in [2.75, 3.05) is 13.1 Å². The quantitative estimate of drug-likeness (QED) is 0.858. The lowest BCUT2D eigenvalue weighted by Crippen LogP contribution is -2.50. The van der Waals surface area contributed by atoms with Crippen LogP contribution in [-0.4, -0.2) is 40.8 Å². The molecule has 0 unspecified atom stereocenters. The van der Waals surface area contributed by atoms with Crippen LogP contribution in [0.1, 0.15) is 42.6 Å². The lowest BCUT2D eigenvalue weighted by molar-refractivity contribution is 0.00817. The highest BCUT2D eigenvalue weighted by molar-refractivity contribution is 5.90. The van der Waals surface area contributed by atoms with Crippen LogP contribution in [0.25, 0.3) is 0 Å². The van der Waals surface area contributed by atoms with Gasteiger partial charge in [0.2, 0.25) is 0 Å². The number of amides is 1. The maximum Gasteiger partial charge on any atom is 0.410 e. The molecule has 27 heavy (non-hydrogen) atoms. The third-order valence-electron chi connectivity index (χ3n) is 4.23. The second-order valence-electron chi connectivity index (χ2n) is 7.55. The average Bonchev–Trinajstić information content (AvgIpc) is 2.53. The zero-order chi connectivity index (χ0) is 19.6. The van der Waals surface area contributed by atoms with Gasteiger partial charge in [-0.1, -0.05) is 24.3 Å². The van der Waals surface area contributed by atoms with Crippen LogP contribution in [0.2, 0.25) is 0 Å². The Morgan fingerprint density at radius 1 is 1.04 bits per heavy atom. The van der Waals surface area contributed by atoms with Crippen LogP contribution in [0.4, 0.5) is 4.79 Å². The molecule has 6 nitrogen and oxygen atoms in total. The molecule has 0 spiro atoms. The van der Waals surface area contributed by atoms with E-state index in [2.05, 4.69) is 0 Å². The molecule has 1 N–H and O–H groups in total. The van der Waals surface area contributed by atoms with Crippen molar-refractivity contribution in [3.8, 4) is 11.5 Å². The maximum absolute atomic E-state index is 12.0. The van der Waals surface area contributed by atoms with Crippen molar-refractivity contribution in [2.45, 2.75) is 32.3 Å². The number of aromatic carboxylic acids is 1. The molecule has 1 heterocycles. The molecule has 0 aromatic heterocycles. The highest BCUT2D eigenvalue weighted by atomic mass is 16.6. The number of carboxylic acid groups (broad SMARTS) is 1. The van der Waals surface area contributed by atoms with Gasteiger partial charge in [0.05, 0.1) is 0 Å². The van der Waals surface area contributed by atoms with Crippen LogP contribution in [0, 0.1) is 0 Å². The Kier molecular flexibility index (Phi) is 5.08. The first-order valence-electron chi connectivity index (χ1n) is 8.81. The fraction of sp³-hybridized carbons (Fsp3) is 0.333. The number of carboxylic acids is 1. The summed E-state index contributed by atoms with van der Waals surface area (Å²) in [7, 11) is 0. The second kappa shape index (κ2) is 7.31. The Labute approximate surface area is 158 Å². The molecule has 1 aliphatic heterocycles. The van der Waals surface area contributed by atoms with E-state index in [1.165, 1.54) is 6.07 Å². The lowest BCUT2D eigenvalue weighted by Gasteiger charge is -2.40. The molecule has 0 bridgehead atoms. The Hall–Kier alpha value is -3.02. The predicted molar refractivity (Wildman–Crippen MR) is 100 cm³/mol. The van der Waals surface area contributed by atoms with Gasteiger partial charge in [-0.3, -0.25) is 0 Å². The molecule has 2 aromatic rings. The third kappa shape index (κ3) is 4.58. The number of hydrogen-bond acceptors (Lipinski definition) is 4. The number of carbonyl (C=O) groups excluding carboxylic acids is 1. The van der Waals surface area contributed by atoms with Gasteiger partial charge in [-0.2, -0.15) is 0 Å². The van der Waals surface area contributed by atoms with Gasteiger partial charge in [-0.15, -0.1) is 0 Å². The van der Waals surface area contributed by atoms with Crippen LogP contribution in [0.5, 0.6) is 11.5 Å². The zero-order valence-electron chi connectivity index (χ0n) is 15.6. The largest absolute Gasteiger partial charge is 0.478 e. The Morgan fingerprint density at radius 3 is 2.26 bits per heavy atom. The van der Waals surface area contributed by atoms with Crippen molar-refractivity contribution in [1.82, 2.24) is 4.90 Å². The van der Waals surface area contributed by atoms with Crippen molar-refractivity contribution in [2.24, 2.45) is 0 Å². The van der Waals surface area contributed by atoms with Crippen LogP contribution < -0.4 is 4.74 Å². The summed E-state index contributed by atoms with van der Waals surface area (Å²) in [5.41, 5.74) is 0.732. The minimum atomic E-state index is -1.03. The third-order valence-corrected chi connectivity index (χ3v) is 4.23. The molecule has 0 atom stereocenters. The fourth-order valence-electron chi connectivity index (χ4n) is 2.83. The van der Waals surface area contributed by atoms with Gasteiger partial charge in [-0.25, -0.2) is 9.59 Å². The van der Waals surface area contributed by atoms with E-state index in [-0.39, 0.29) is 17.6 Å². The molecule has 0 saturated carbocycles. The predicted octanol–water partition coefficient (Wildman–Crippen LogP) is 4.51. The van der Waals surface area contributed by atoms with E-state index in [1.54, 1.807) is 23.1 Å². The van der Waals surface area contributed by atoms with Gasteiger partial charge in [0, 0.05) is 19.0 Å². The zero-order valence-corrected chi connectivity index (χ0v) is 15.6. The molecule has 6 heteroatoms. The van der Waals surface area contributed by atoms with Gasteiger partial charge in [0.15, 0.2) is 0 Å². The molecular weight excluding hydrogens is 346 g/mol. The summed E-state index contributed by atoms with van der Waals surface area (Å²) < 4.78 is 11.1. The number of rotatable bonds is 4. The summed E-state index contributed by atoms with van der Waals surface area (Å²) in [6.45, 7) is 6.80. The average molecular weight is 369 g/mol. The van der Waals surface area contributed by atoms with E-state index in [4.69, 9.17) is 9.47 Å². The van der Waals surface area contributed by atoms with E-state index in [0.29, 0.717) is 24.6 Å². The standard InChI is InChI=1S/C21H23NO5/c1-21(2,3)27-20(25)22-12-15(13-22)14-8-10-16(11-9-14)26-18-7-5-4-6-17(18)19(23)24/h4-11,15H,12-13H2,1-3H3,(H,23,24). The van der Waals surface area contributed by atoms with Crippen molar-refractivity contribution in [3.05, 3.63) is 59.7 Å². The smallest absolute Gasteiger partial charge is 0.410 e. The topological polar surface area (TPSA) is 76.1 Å². The number of benzene rings is 2. The number of likely N-dealkylation sites (tertiary alicyclic amines) is 1. The summed E-state index contributed by atoms with van der Waals surface area (Å²) >= 11 is 0. The summed E-state index contributed by atoms with van der Waals surface area (Å²) in [5, 5.41) is 9.22. The molecule has 142 valence electrons. The van der Waals surface area contributed by atoms with E-state index in [9.17, 15) is 14.7 Å². The van der Waals surface area contributed by atoms with Crippen molar-refractivity contribution in [3.63, 3.8) is 0 Å².